The maximum atomic E-state index is 13.5. The monoisotopic (exact) mass is 257 g/mol. The van der Waals surface area contributed by atoms with E-state index in [1.807, 2.05) is 18.9 Å². The first-order valence-electron chi connectivity index (χ1n) is 5.36. The quantitative estimate of drug-likeness (QED) is 0.629. The lowest BCUT2D eigenvalue weighted by Crippen LogP contribution is -2.31. The molecule has 0 aromatic heterocycles. The molecule has 0 aliphatic rings. The molecule has 0 aliphatic carbocycles. The standard InChI is InChI=1S/C12H17ClFN3/c1-8(12(15)16)6-17(2)7-9-3-4-10(13)5-11(9)14/h3-5,8H,6-7H2,1-2H3,(H3,15,16). The van der Waals surface area contributed by atoms with Crippen LogP contribution in [0.4, 0.5) is 4.39 Å². The number of halogens is 2. The molecule has 0 bridgehead atoms. The summed E-state index contributed by atoms with van der Waals surface area (Å²) in [6, 6.07) is 4.65. The van der Waals surface area contributed by atoms with Gasteiger partial charge in [0.05, 0.1) is 5.84 Å². The number of hydrogen-bond acceptors (Lipinski definition) is 2. The van der Waals surface area contributed by atoms with Crippen LogP contribution < -0.4 is 5.73 Å². The van der Waals surface area contributed by atoms with Gasteiger partial charge >= 0.3 is 0 Å². The predicted octanol–water partition coefficient (Wildman–Crippen LogP) is 2.48. The van der Waals surface area contributed by atoms with Gasteiger partial charge in [0.1, 0.15) is 5.82 Å². The largest absolute Gasteiger partial charge is 0.387 e. The molecule has 3 nitrogen and oxygen atoms in total. The van der Waals surface area contributed by atoms with E-state index in [4.69, 9.17) is 22.7 Å². The zero-order valence-corrected chi connectivity index (χ0v) is 10.8. The van der Waals surface area contributed by atoms with Crippen LogP contribution in [0.15, 0.2) is 18.2 Å². The normalized spacial score (nSPS) is 12.8. The van der Waals surface area contributed by atoms with Crippen molar-refractivity contribution in [3.63, 3.8) is 0 Å². The Balaban J connectivity index is 2.62. The first kappa shape index (κ1) is 13.9. The summed E-state index contributed by atoms with van der Waals surface area (Å²) in [5, 5.41) is 7.70. The molecule has 0 heterocycles. The predicted molar refractivity (Wildman–Crippen MR) is 68.8 cm³/mol. The summed E-state index contributed by atoms with van der Waals surface area (Å²) in [5.41, 5.74) is 5.98. The molecule has 1 aromatic rings. The lowest BCUT2D eigenvalue weighted by molar-refractivity contribution is 0.301. The molecule has 1 aromatic carbocycles. The number of benzene rings is 1. The van der Waals surface area contributed by atoms with Gasteiger partial charge in [-0.3, -0.25) is 5.41 Å². The average Bonchev–Trinajstić information content (AvgIpc) is 2.22. The van der Waals surface area contributed by atoms with Crippen LogP contribution in [0.5, 0.6) is 0 Å². The smallest absolute Gasteiger partial charge is 0.129 e. The number of amidine groups is 1. The second-order valence-corrected chi connectivity index (χ2v) is 4.73. The van der Waals surface area contributed by atoms with E-state index in [0.29, 0.717) is 23.7 Å². The van der Waals surface area contributed by atoms with Crippen LogP contribution in [-0.2, 0) is 6.54 Å². The van der Waals surface area contributed by atoms with Gasteiger partial charge in [0.25, 0.3) is 0 Å². The second-order valence-electron chi connectivity index (χ2n) is 4.29. The van der Waals surface area contributed by atoms with Crippen molar-refractivity contribution < 1.29 is 4.39 Å². The molecule has 1 rings (SSSR count). The van der Waals surface area contributed by atoms with E-state index in [2.05, 4.69) is 0 Å². The van der Waals surface area contributed by atoms with Crippen LogP contribution in [0.1, 0.15) is 12.5 Å². The van der Waals surface area contributed by atoms with Gasteiger partial charge in [-0.1, -0.05) is 24.6 Å². The van der Waals surface area contributed by atoms with Crippen LogP contribution in [0, 0.1) is 17.1 Å². The molecule has 17 heavy (non-hydrogen) atoms. The molecule has 3 N–H and O–H groups in total. The highest BCUT2D eigenvalue weighted by Crippen LogP contribution is 2.16. The Labute approximate surface area is 106 Å². The van der Waals surface area contributed by atoms with E-state index in [-0.39, 0.29) is 17.6 Å². The lowest BCUT2D eigenvalue weighted by Gasteiger charge is -2.20. The van der Waals surface area contributed by atoms with Crippen molar-refractivity contribution in [3.8, 4) is 0 Å². The van der Waals surface area contributed by atoms with Gasteiger partial charge in [0, 0.05) is 29.6 Å². The number of nitrogens with two attached hydrogens (primary N) is 1. The number of hydrogen-bond donors (Lipinski definition) is 2. The van der Waals surface area contributed by atoms with Gasteiger partial charge in [0.15, 0.2) is 0 Å². The third-order valence-corrected chi connectivity index (χ3v) is 2.81. The van der Waals surface area contributed by atoms with Gasteiger partial charge in [0.2, 0.25) is 0 Å². The maximum absolute atomic E-state index is 13.5. The summed E-state index contributed by atoms with van der Waals surface area (Å²) < 4.78 is 13.5. The highest BCUT2D eigenvalue weighted by atomic mass is 35.5. The van der Waals surface area contributed by atoms with Crippen LogP contribution in [0.2, 0.25) is 5.02 Å². The summed E-state index contributed by atoms with van der Waals surface area (Å²) in [5.74, 6) is -0.191. The van der Waals surface area contributed by atoms with Crippen molar-refractivity contribution in [2.75, 3.05) is 13.6 Å². The first-order chi connectivity index (χ1) is 7.90. The molecule has 0 aliphatic heterocycles. The Bertz CT molecular complexity index is 409. The Hall–Kier alpha value is -1.13. The van der Waals surface area contributed by atoms with E-state index in [1.54, 1.807) is 12.1 Å². The van der Waals surface area contributed by atoms with Crippen molar-refractivity contribution in [2.24, 2.45) is 11.7 Å². The number of rotatable bonds is 5. The summed E-state index contributed by atoms with van der Waals surface area (Å²) >= 11 is 5.68. The van der Waals surface area contributed by atoms with Crippen molar-refractivity contribution in [3.05, 3.63) is 34.6 Å². The van der Waals surface area contributed by atoms with E-state index in [0.717, 1.165) is 0 Å². The van der Waals surface area contributed by atoms with Crippen LogP contribution in [0.3, 0.4) is 0 Å². The molecule has 1 unspecified atom stereocenters. The van der Waals surface area contributed by atoms with E-state index in [1.165, 1.54) is 6.07 Å². The van der Waals surface area contributed by atoms with E-state index >= 15 is 0 Å². The van der Waals surface area contributed by atoms with Gasteiger partial charge in [-0.2, -0.15) is 0 Å². The SMILES string of the molecule is CC(CN(C)Cc1ccc(Cl)cc1F)C(=N)N. The van der Waals surface area contributed by atoms with Crippen molar-refractivity contribution in [1.82, 2.24) is 4.90 Å². The Morgan fingerprint density at radius 1 is 1.59 bits per heavy atom. The zero-order valence-electron chi connectivity index (χ0n) is 10.0. The molecule has 0 spiro atoms. The van der Waals surface area contributed by atoms with Gasteiger partial charge in [-0.05, 0) is 19.2 Å². The molecule has 0 saturated heterocycles. The fraction of sp³-hybridized carbons (Fsp3) is 0.417. The maximum Gasteiger partial charge on any atom is 0.129 e. The van der Waals surface area contributed by atoms with Gasteiger partial charge in [-0.25, -0.2) is 4.39 Å². The number of nitrogens with zero attached hydrogens (tertiary/aromatic N) is 1. The van der Waals surface area contributed by atoms with Crippen molar-refractivity contribution >= 4 is 17.4 Å². The molecule has 0 saturated carbocycles. The minimum atomic E-state index is -0.306. The van der Waals surface area contributed by atoms with Crippen LogP contribution >= 0.6 is 11.6 Å². The van der Waals surface area contributed by atoms with Crippen LogP contribution in [0.25, 0.3) is 0 Å². The molecule has 5 heteroatoms. The van der Waals surface area contributed by atoms with E-state index in [9.17, 15) is 4.39 Å². The summed E-state index contributed by atoms with van der Waals surface area (Å²) in [7, 11) is 1.87. The zero-order chi connectivity index (χ0) is 13.0. The van der Waals surface area contributed by atoms with Gasteiger partial charge < -0.3 is 10.6 Å². The summed E-state index contributed by atoms with van der Waals surface area (Å²) in [6.07, 6.45) is 0. The van der Waals surface area contributed by atoms with Crippen LogP contribution in [-0.4, -0.2) is 24.3 Å². The fourth-order valence-corrected chi connectivity index (χ4v) is 1.73. The Morgan fingerprint density at radius 3 is 2.76 bits per heavy atom. The second kappa shape index (κ2) is 5.98. The van der Waals surface area contributed by atoms with Crippen molar-refractivity contribution in [2.45, 2.75) is 13.5 Å². The number of nitrogens with one attached hydrogen (secondary N) is 1. The minimum Gasteiger partial charge on any atom is -0.387 e. The van der Waals surface area contributed by atoms with Crippen molar-refractivity contribution in [1.29, 1.82) is 5.41 Å². The highest BCUT2D eigenvalue weighted by Gasteiger charge is 2.11. The third-order valence-electron chi connectivity index (χ3n) is 2.57. The average molecular weight is 258 g/mol. The third kappa shape index (κ3) is 4.32. The highest BCUT2D eigenvalue weighted by molar-refractivity contribution is 6.30. The lowest BCUT2D eigenvalue weighted by atomic mass is 10.1. The summed E-state index contributed by atoms with van der Waals surface area (Å²) in [4.78, 5) is 1.93. The fourth-order valence-electron chi connectivity index (χ4n) is 1.57. The van der Waals surface area contributed by atoms with E-state index < -0.39 is 0 Å². The molecule has 1 atom stereocenters. The minimum absolute atomic E-state index is 0.0321. The molecule has 94 valence electrons. The molecule has 0 amide bonds. The first-order valence-corrected chi connectivity index (χ1v) is 5.74. The van der Waals surface area contributed by atoms with Gasteiger partial charge in [-0.15, -0.1) is 0 Å². The Kier molecular flexibility index (Phi) is 4.90. The molecule has 0 fully saturated rings. The molecule has 0 radical (unpaired) electrons. The molecular formula is C12H17ClFN3. The Morgan fingerprint density at radius 2 is 2.24 bits per heavy atom. The topological polar surface area (TPSA) is 53.1 Å². The summed E-state index contributed by atoms with van der Waals surface area (Å²) in [6.45, 7) is 2.97. The molecular weight excluding hydrogens is 241 g/mol.